The minimum absolute atomic E-state index is 0.0708. The third kappa shape index (κ3) is 2.39. The summed E-state index contributed by atoms with van der Waals surface area (Å²) >= 11 is 0. The van der Waals surface area contributed by atoms with Crippen molar-refractivity contribution in [3.8, 4) is 0 Å². The van der Waals surface area contributed by atoms with E-state index in [0.29, 0.717) is 5.30 Å². The lowest BCUT2D eigenvalue weighted by molar-refractivity contribution is 0.0696. The van der Waals surface area contributed by atoms with Crippen LogP contribution in [0.1, 0.15) is 10.4 Å². The molecule has 1 rings (SSSR count). The highest BCUT2D eigenvalue weighted by Crippen LogP contribution is 2.34. The molecule has 0 aliphatic rings. The molecule has 0 saturated carbocycles. The van der Waals surface area contributed by atoms with Crippen molar-refractivity contribution in [2.45, 2.75) is 0 Å². The highest BCUT2D eigenvalue weighted by molar-refractivity contribution is 7.70. The molecule has 0 aliphatic carbocycles. The van der Waals surface area contributed by atoms with Gasteiger partial charge in [-0.1, -0.05) is 0 Å². The predicted molar refractivity (Wildman–Crippen MR) is 50.3 cm³/mol. The first-order valence-electron chi connectivity index (χ1n) is 3.65. The Hall–Kier alpha value is -1.15. The molecule has 4 nitrogen and oxygen atoms in total. The van der Waals surface area contributed by atoms with Crippen molar-refractivity contribution in [3.05, 3.63) is 24.0 Å². The number of carbonyl (C=O) groups is 1. The maximum Gasteiger partial charge on any atom is 0.337 e. The molecular formula is C8H10NO3P. The van der Waals surface area contributed by atoms with Crippen LogP contribution in [-0.2, 0) is 4.57 Å². The molecular weight excluding hydrogens is 189 g/mol. The fourth-order valence-corrected chi connectivity index (χ4v) is 1.63. The fraction of sp³-hybridized carbons (Fsp3) is 0.250. The van der Waals surface area contributed by atoms with Gasteiger partial charge in [-0.25, -0.2) is 4.79 Å². The summed E-state index contributed by atoms with van der Waals surface area (Å²) < 4.78 is 11.6. The van der Waals surface area contributed by atoms with Gasteiger partial charge in [0, 0.05) is 17.7 Å². The molecule has 0 spiro atoms. The number of nitrogens with zero attached hydrogens (tertiary/aromatic N) is 1. The summed E-state index contributed by atoms with van der Waals surface area (Å²) in [5, 5.41) is 9.14. The zero-order valence-corrected chi connectivity index (χ0v) is 8.28. The van der Waals surface area contributed by atoms with Gasteiger partial charge in [0.25, 0.3) is 0 Å². The number of hydrogen-bond acceptors (Lipinski definition) is 3. The molecule has 5 heteroatoms. The van der Waals surface area contributed by atoms with E-state index in [0.717, 1.165) is 0 Å². The predicted octanol–water partition coefficient (Wildman–Crippen LogP) is 1.03. The van der Waals surface area contributed by atoms with Crippen molar-refractivity contribution < 1.29 is 14.5 Å². The van der Waals surface area contributed by atoms with Gasteiger partial charge in [0.1, 0.15) is 7.14 Å². The molecule has 70 valence electrons. The smallest absolute Gasteiger partial charge is 0.337 e. The first-order valence-corrected chi connectivity index (χ1v) is 6.25. The molecule has 0 fully saturated rings. The number of aromatic nitrogens is 1. The van der Waals surface area contributed by atoms with Crippen LogP contribution in [0.5, 0.6) is 0 Å². The highest BCUT2D eigenvalue weighted by atomic mass is 31.2. The Labute approximate surface area is 76.0 Å². The van der Waals surface area contributed by atoms with E-state index in [4.69, 9.17) is 5.11 Å². The van der Waals surface area contributed by atoms with Gasteiger partial charge in [-0.15, -0.1) is 0 Å². The number of carboxylic acids is 1. The van der Waals surface area contributed by atoms with E-state index in [1.807, 2.05) is 0 Å². The number of pyridine rings is 1. The molecule has 0 amide bonds. The van der Waals surface area contributed by atoms with Crippen LogP contribution in [0.4, 0.5) is 0 Å². The quantitative estimate of drug-likeness (QED) is 0.722. The van der Waals surface area contributed by atoms with Crippen molar-refractivity contribution in [3.63, 3.8) is 0 Å². The van der Waals surface area contributed by atoms with E-state index in [-0.39, 0.29) is 5.56 Å². The van der Waals surface area contributed by atoms with Gasteiger partial charge in [0.05, 0.1) is 5.56 Å². The van der Waals surface area contributed by atoms with Crippen LogP contribution in [0, 0.1) is 0 Å². The van der Waals surface area contributed by atoms with Crippen LogP contribution >= 0.6 is 7.14 Å². The summed E-state index contributed by atoms with van der Waals surface area (Å²) in [6.45, 7) is 3.16. The van der Waals surface area contributed by atoms with Gasteiger partial charge in [0.2, 0.25) is 0 Å². The first kappa shape index (κ1) is 9.93. The Kier molecular flexibility index (Phi) is 2.52. The monoisotopic (exact) mass is 199 g/mol. The Morgan fingerprint density at radius 2 is 2.08 bits per heavy atom. The maximum absolute atomic E-state index is 11.6. The average Bonchev–Trinajstić information content (AvgIpc) is 2.03. The largest absolute Gasteiger partial charge is 0.478 e. The molecule has 0 radical (unpaired) electrons. The van der Waals surface area contributed by atoms with Crippen molar-refractivity contribution in [2.24, 2.45) is 0 Å². The first-order chi connectivity index (χ1) is 5.91. The van der Waals surface area contributed by atoms with Crippen LogP contribution in [-0.4, -0.2) is 29.4 Å². The van der Waals surface area contributed by atoms with Crippen LogP contribution in [0.2, 0.25) is 0 Å². The Bertz CT molecular complexity index is 383. The third-order valence-electron chi connectivity index (χ3n) is 1.59. The number of carboxylic acid groups (broad SMARTS) is 1. The second kappa shape index (κ2) is 3.30. The second-order valence-electron chi connectivity index (χ2n) is 3.09. The van der Waals surface area contributed by atoms with Gasteiger partial charge in [0.15, 0.2) is 0 Å². The van der Waals surface area contributed by atoms with Crippen molar-refractivity contribution in [2.75, 3.05) is 13.3 Å². The summed E-state index contributed by atoms with van der Waals surface area (Å²) in [7, 11) is -2.41. The van der Waals surface area contributed by atoms with Crippen molar-refractivity contribution >= 4 is 18.4 Å². The lowest BCUT2D eigenvalue weighted by Gasteiger charge is -2.05. The molecule has 1 aromatic heterocycles. The minimum atomic E-state index is -2.41. The van der Waals surface area contributed by atoms with Gasteiger partial charge >= 0.3 is 5.97 Å². The lowest BCUT2D eigenvalue weighted by atomic mass is 10.3. The summed E-state index contributed by atoms with van der Waals surface area (Å²) in [6.07, 6.45) is 2.68. The van der Waals surface area contributed by atoms with Gasteiger partial charge in [-0.2, -0.15) is 0 Å². The van der Waals surface area contributed by atoms with Crippen molar-refractivity contribution in [1.82, 2.24) is 4.98 Å². The van der Waals surface area contributed by atoms with E-state index in [9.17, 15) is 9.36 Å². The average molecular weight is 199 g/mol. The zero-order valence-electron chi connectivity index (χ0n) is 7.39. The lowest BCUT2D eigenvalue weighted by Crippen LogP contribution is -2.08. The summed E-state index contributed by atoms with van der Waals surface area (Å²) in [5.41, 5.74) is 0.0708. The molecule has 0 atom stereocenters. The molecule has 0 aliphatic heterocycles. The minimum Gasteiger partial charge on any atom is -0.478 e. The summed E-state index contributed by atoms with van der Waals surface area (Å²) in [4.78, 5) is 14.3. The number of rotatable bonds is 2. The van der Waals surface area contributed by atoms with E-state index in [1.165, 1.54) is 18.5 Å². The molecule has 1 N–H and O–H groups in total. The Balaban J connectivity index is 3.21. The standard InChI is InChI=1S/C8H10NO3P/c1-13(2,12)7-3-6(8(10)11)4-9-5-7/h3-5H,1-2H3,(H,10,11). The molecule has 0 aromatic carbocycles. The van der Waals surface area contributed by atoms with Gasteiger partial charge in [-0.05, 0) is 19.4 Å². The summed E-state index contributed by atoms with van der Waals surface area (Å²) in [6, 6.07) is 1.40. The molecule has 1 aromatic rings. The van der Waals surface area contributed by atoms with Crippen LogP contribution in [0.25, 0.3) is 0 Å². The van der Waals surface area contributed by atoms with E-state index in [2.05, 4.69) is 4.98 Å². The third-order valence-corrected chi connectivity index (χ3v) is 3.08. The number of aromatic carboxylic acids is 1. The van der Waals surface area contributed by atoms with Crippen LogP contribution in [0.15, 0.2) is 18.5 Å². The van der Waals surface area contributed by atoms with Gasteiger partial charge < -0.3 is 9.67 Å². The Morgan fingerprint density at radius 1 is 1.46 bits per heavy atom. The molecule has 1 heterocycles. The fourth-order valence-electron chi connectivity index (χ4n) is 0.839. The van der Waals surface area contributed by atoms with Crippen LogP contribution in [0.3, 0.4) is 0 Å². The van der Waals surface area contributed by atoms with E-state index >= 15 is 0 Å². The second-order valence-corrected chi connectivity index (χ2v) is 6.31. The normalized spacial score (nSPS) is 11.2. The molecule has 0 bridgehead atoms. The molecule has 0 unspecified atom stereocenters. The highest BCUT2D eigenvalue weighted by Gasteiger charge is 2.13. The Morgan fingerprint density at radius 3 is 2.54 bits per heavy atom. The maximum atomic E-state index is 11.6. The topological polar surface area (TPSA) is 67.3 Å². The van der Waals surface area contributed by atoms with Gasteiger partial charge in [-0.3, -0.25) is 4.98 Å². The van der Waals surface area contributed by atoms with Crippen molar-refractivity contribution in [1.29, 1.82) is 0 Å². The number of hydrogen-bond donors (Lipinski definition) is 1. The molecule has 0 saturated heterocycles. The van der Waals surface area contributed by atoms with E-state index in [1.54, 1.807) is 13.3 Å². The SMILES string of the molecule is CP(C)(=O)c1cncc(C(=O)O)c1. The van der Waals surface area contributed by atoms with E-state index < -0.39 is 13.1 Å². The summed E-state index contributed by atoms with van der Waals surface area (Å²) in [5.74, 6) is -1.05. The van der Waals surface area contributed by atoms with Crippen LogP contribution < -0.4 is 5.30 Å². The molecule has 13 heavy (non-hydrogen) atoms. The zero-order chi connectivity index (χ0) is 10.1.